The van der Waals surface area contributed by atoms with E-state index in [4.69, 9.17) is 4.42 Å². The standard InChI is InChI=1S/C38H25NO/c1-3-14-26(15-4-1)36-29-19-7-9-21-31(29)37(32-22-10-8-20-30(32)36)39(27-16-5-2-6-17-27)34-24-13-23-33-28-18-11-12-25-35(28)40-38(33)34/h1-25H. The summed E-state index contributed by atoms with van der Waals surface area (Å²) in [6.45, 7) is 0. The molecule has 8 rings (SSSR count). The normalized spacial score (nSPS) is 11.5. The second-order valence-corrected chi connectivity index (χ2v) is 10.1. The molecule has 0 amide bonds. The van der Waals surface area contributed by atoms with Gasteiger partial charge in [-0.15, -0.1) is 0 Å². The first-order valence-electron chi connectivity index (χ1n) is 13.6. The van der Waals surface area contributed by atoms with Crippen molar-refractivity contribution in [1.82, 2.24) is 0 Å². The highest BCUT2D eigenvalue weighted by atomic mass is 16.3. The third-order valence-electron chi connectivity index (χ3n) is 7.83. The molecule has 2 nitrogen and oxygen atoms in total. The van der Waals surface area contributed by atoms with Crippen LogP contribution >= 0.6 is 0 Å². The van der Waals surface area contributed by atoms with Crippen LogP contribution in [0.2, 0.25) is 0 Å². The van der Waals surface area contributed by atoms with Crippen molar-refractivity contribution in [3.8, 4) is 11.1 Å². The topological polar surface area (TPSA) is 16.4 Å². The predicted molar refractivity (Wildman–Crippen MR) is 169 cm³/mol. The Morgan fingerprint density at radius 1 is 0.400 bits per heavy atom. The number of fused-ring (bicyclic) bond motifs is 5. The van der Waals surface area contributed by atoms with Crippen LogP contribution in [0.5, 0.6) is 0 Å². The van der Waals surface area contributed by atoms with Gasteiger partial charge < -0.3 is 9.32 Å². The molecule has 0 aliphatic heterocycles. The van der Waals surface area contributed by atoms with Crippen LogP contribution < -0.4 is 4.90 Å². The second kappa shape index (κ2) is 9.14. The zero-order chi connectivity index (χ0) is 26.5. The third-order valence-corrected chi connectivity index (χ3v) is 7.83. The lowest BCUT2D eigenvalue weighted by Gasteiger charge is -2.29. The van der Waals surface area contributed by atoms with E-state index in [2.05, 4.69) is 144 Å². The van der Waals surface area contributed by atoms with E-state index in [0.717, 1.165) is 39.0 Å². The van der Waals surface area contributed by atoms with E-state index in [1.165, 1.54) is 32.7 Å². The second-order valence-electron chi connectivity index (χ2n) is 10.1. The Morgan fingerprint density at radius 2 is 0.925 bits per heavy atom. The van der Waals surface area contributed by atoms with Gasteiger partial charge in [0, 0.05) is 27.2 Å². The van der Waals surface area contributed by atoms with Crippen LogP contribution in [0, 0.1) is 0 Å². The Kier molecular flexibility index (Phi) is 5.17. The summed E-state index contributed by atoms with van der Waals surface area (Å²) < 4.78 is 6.58. The molecule has 8 aromatic rings. The molecule has 0 fully saturated rings. The lowest BCUT2D eigenvalue weighted by atomic mass is 9.90. The molecule has 1 heterocycles. The summed E-state index contributed by atoms with van der Waals surface area (Å²) in [4.78, 5) is 2.38. The number of furan rings is 1. The van der Waals surface area contributed by atoms with Gasteiger partial charge in [0.05, 0.1) is 11.4 Å². The van der Waals surface area contributed by atoms with Gasteiger partial charge in [0.2, 0.25) is 0 Å². The van der Waals surface area contributed by atoms with Crippen molar-refractivity contribution in [2.45, 2.75) is 0 Å². The van der Waals surface area contributed by atoms with Crippen LogP contribution in [0.15, 0.2) is 156 Å². The van der Waals surface area contributed by atoms with Crippen molar-refractivity contribution in [2.24, 2.45) is 0 Å². The number of hydrogen-bond acceptors (Lipinski definition) is 2. The van der Waals surface area contributed by atoms with E-state index >= 15 is 0 Å². The summed E-state index contributed by atoms with van der Waals surface area (Å²) in [6, 6.07) is 53.6. The van der Waals surface area contributed by atoms with Crippen molar-refractivity contribution < 1.29 is 4.42 Å². The van der Waals surface area contributed by atoms with Crippen molar-refractivity contribution in [1.29, 1.82) is 0 Å². The first kappa shape index (κ1) is 22.6. The number of para-hydroxylation sites is 3. The van der Waals surface area contributed by atoms with Gasteiger partial charge >= 0.3 is 0 Å². The number of benzene rings is 7. The molecule has 0 unspecified atom stereocenters. The first-order valence-corrected chi connectivity index (χ1v) is 13.6. The van der Waals surface area contributed by atoms with E-state index in [1.807, 2.05) is 12.1 Å². The van der Waals surface area contributed by atoms with Crippen molar-refractivity contribution in [2.75, 3.05) is 4.90 Å². The van der Waals surface area contributed by atoms with E-state index in [9.17, 15) is 0 Å². The minimum absolute atomic E-state index is 0.882. The molecule has 0 aliphatic rings. The van der Waals surface area contributed by atoms with E-state index in [-0.39, 0.29) is 0 Å². The molecule has 2 heteroatoms. The summed E-state index contributed by atoms with van der Waals surface area (Å²) in [5, 5.41) is 7.07. The molecule has 0 saturated heterocycles. The molecule has 0 N–H and O–H groups in total. The number of anilines is 3. The van der Waals surface area contributed by atoms with Crippen LogP contribution in [-0.2, 0) is 0 Å². The maximum atomic E-state index is 6.58. The highest BCUT2D eigenvalue weighted by Crippen LogP contribution is 2.49. The van der Waals surface area contributed by atoms with Crippen LogP contribution in [0.3, 0.4) is 0 Å². The van der Waals surface area contributed by atoms with Gasteiger partial charge in [0.15, 0.2) is 5.58 Å². The average molecular weight is 512 g/mol. The smallest absolute Gasteiger partial charge is 0.159 e. The molecule has 0 saturated carbocycles. The van der Waals surface area contributed by atoms with Gasteiger partial charge in [-0.1, -0.05) is 127 Å². The fourth-order valence-corrected chi connectivity index (χ4v) is 6.14. The lowest BCUT2D eigenvalue weighted by molar-refractivity contribution is 0.669. The van der Waals surface area contributed by atoms with Gasteiger partial charge in [0.25, 0.3) is 0 Å². The Morgan fingerprint density at radius 3 is 1.60 bits per heavy atom. The largest absolute Gasteiger partial charge is 0.454 e. The Hall–Kier alpha value is -5.34. The van der Waals surface area contributed by atoms with Gasteiger partial charge in [0.1, 0.15) is 5.58 Å². The van der Waals surface area contributed by atoms with Crippen LogP contribution in [0.25, 0.3) is 54.6 Å². The predicted octanol–water partition coefficient (Wildman–Crippen LogP) is 11.0. The molecule has 188 valence electrons. The van der Waals surface area contributed by atoms with E-state index < -0.39 is 0 Å². The maximum absolute atomic E-state index is 6.58. The van der Waals surface area contributed by atoms with Gasteiger partial charge in [-0.2, -0.15) is 0 Å². The molecular formula is C38H25NO. The summed E-state index contributed by atoms with van der Waals surface area (Å²) in [5.74, 6) is 0. The van der Waals surface area contributed by atoms with E-state index in [0.29, 0.717) is 0 Å². The van der Waals surface area contributed by atoms with Crippen LogP contribution in [0.4, 0.5) is 17.1 Å². The molecule has 7 aromatic carbocycles. The molecule has 40 heavy (non-hydrogen) atoms. The van der Waals surface area contributed by atoms with Gasteiger partial charge in [-0.25, -0.2) is 0 Å². The minimum atomic E-state index is 0.882. The Bertz CT molecular complexity index is 2100. The Labute approximate surface area is 232 Å². The van der Waals surface area contributed by atoms with Gasteiger partial charge in [-0.3, -0.25) is 0 Å². The number of hydrogen-bond donors (Lipinski definition) is 0. The molecule has 0 atom stereocenters. The SMILES string of the molecule is c1ccc(-c2c3ccccc3c(N(c3ccccc3)c3cccc4c3oc3ccccc34)c3ccccc23)cc1. The molecular weight excluding hydrogens is 486 g/mol. The van der Waals surface area contributed by atoms with Crippen molar-refractivity contribution in [3.63, 3.8) is 0 Å². The molecule has 0 bridgehead atoms. The monoisotopic (exact) mass is 511 g/mol. The highest BCUT2D eigenvalue weighted by Gasteiger charge is 2.24. The first-order chi connectivity index (χ1) is 19.9. The van der Waals surface area contributed by atoms with Crippen molar-refractivity contribution >= 4 is 60.5 Å². The zero-order valence-electron chi connectivity index (χ0n) is 21.8. The molecule has 0 radical (unpaired) electrons. The summed E-state index contributed by atoms with van der Waals surface area (Å²) in [6.07, 6.45) is 0. The van der Waals surface area contributed by atoms with E-state index in [1.54, 1.807) is 0 Å². The fourth-order valence-electron chi connectivity index (χ4n) is 6.14. The summed E-state index contributed by atoms with van der Waals surface area (Å²) >= 11 is 0. The average Bonchev–Trinajstić information content (AvgIpc) is 3.41. The maximum Gasteiger partial charge on any atom is 0.159 e. The quantitative estimate of drug-likeness (QED) is 0.218. The Balaban J connectivity index is 1.54. The molecule has 0 spiro atoms. The van der Waals surface area contributed by atoms with Crippen LogP contribution in [-0.4, -0.2) is 0 Å². The number of rotatable bonds is 4. The van der Waals surface area contributed by atoms with Crippen LogP contribution in [0.1, 0.15) is 0 Å². The fraction of sp³-hybridized carbons (Fsp3) is 0. The zero-order valence-corrected chi connectivity index (χ0v) is 21.8. The summed E-state index contributed by atoms with van der Waals surface area (Å²) in [7, 11) is 0. The molecule has 0 aliphatic carbocycles. The number of nitrogens with zero attached hydrogens (tertiary/aromatic N) is 1. The lowest BCUT2D eigenvalue weighted by Crippen LogP contribution is -2.11. The summed E-state index contributed by atoms with van der Waals surface area (Å²) in [5.41, 5.74) is 7.49. The minimum Gasteiger partial charge on any atom is -0.454 e. The van der Waals surface area contributed by atoms with Gasteiger partial charge in [-0.05, 0) is 46.2 Å². The molecule has 1 aromatic heterocycles. The van der Waals surface area contributed by atoms with Crippen molar-refractivity contribution in [3.05, 3.63) is 152 Å². The third kappa shape index (κ3) is 3.43. The highest BCUT2D eigenvalue weighted by molar-refractivity contribution is 6.23.